The quantitative estimate of drug-likeness (QED) is 0.547. The van der Waals surface area contributed by atoms with Gasteiger partial charge in [0.15, 0.2) is 5.71 Å². The van der Waals surface area contributed by atoms with Crippen molar-refractivity contribution < 1.29 is 19.1 Å². The van der Waals surface area contributed by atoms with Gasteiger partial charge in [-0.05, 0) is 37.3 Å². The van der Waals surface area contributed by atoms with Crippen LogP contribution in [0.2, 0.25) is 10.0 Å². The minimum absolute atomic E-state index is 0.114. The molecule has 0 bridgehead atoms. The summed E-state index contributed by atoms with van der Waals surface area (Å²) in [5, 5.41) is 6.29. The molecule has 1 fully saturated rings. The molecule has 2 unspecified atom stereocenters. The van der Waals surface area contributed by atoms with E-state index in [4.69, 9.17) is 27.9 Å². The number of carbonyl (C=O) groups excluding carboxylic acids is 3. The van der Waals surface area contributed by atoms with Crippen LogP contribution >= 0.6 is 23.2 Å². The molecule has 2 aliphatic heterocycles. The lowest BCUT2D eigenvalue weighted by molar-refractivity contribution is -0.136. The number of anilines is 2. The van der Waals surface area contributed by atoms with Crippen LogP contribution in [0.5, 0.6) is 0 Å². The molecule has 2 amide bonds. The Morgan fingerprint density at radius 1 is 1.10 bits per heavy atom. The van der Waals surface area contributed by atoms with Gasteiger partial charge in [-0.25, -0.2) is 9.69 Å². The van der Waals surface area contributed by atoms with E-state index in [2.05, 4.69) is 5.10 Å². The number of hydrazone groups is 1. The molecule has 2 atom stereocenters. The molecule has 2 heterocycles. The average molecular weight is 432 g/mol. The number of rotatable bonds is 4. The first-order valence-electron chi connectivity index (χ1n) is 8.86. The van der Waals surface area contributed by atoms with Crippen LogP contribution in [0.3, 0.4) is 0 Å². The van der Waals surface area contributed by atoms with Crippen LogP contribution in [-0.2, 0) is 19.1 Å². The lowest BCUT2D eigenvalue weighted by Gasteiger charge is -2.22. The summed E-state index contributed by atoms with van der Waals surface area (Å²) in [5.41, 5.74) is 0.617. The van der Waals surface area contributed by atoms with Crippen LogP contribution in [0.4, 0.5) is 11.4 Å². The van der Waals surface area contributed by atoms with E-state index in [-0.39, 0.29) is 23.0 Å². The van der Waals surface area contributed by atoms with Crippen LogP contribution in [0.15, 0.2) is 53.6 Å². The first-order chi connectivity index (χ1) is 13.9. The van der Waals surface area contributed by atoms with E-state index in [1.165, 1.54) is 5.01 Å². The number of para-hydroxylation sites is 1. The van der Waals surface area contributed by atoms with E-state index in [9.17, 15) is 14.4 Å². The largest absolute Gasteiger partial charge is 0.461 e. The van der Waals surface area contributed by atoms with Gasteiger partial charge in [-0.3, -0.25) is 14.6 Å². The van der Waals surface area contributed by atoms with E-state index in [0.29, 0.717) is 10.7 Å². The van der Waals surface area contributed by atoms with Gasteiger partial charge in [0.1, 0.15) is 12.0 Å². The lowest BCUT2D eigenvalue weighted by Crippen LogP contribution is -2.39. The number of ether oxygens (including phenoxy) is 1. The maximum atomic E-state index is 13.3. The molecule has 148 valence electrons. The predicted octanol–water partition coefficient (Wildman–Crippen LogP) is 3.29. The molecular formula is C20H15Cl2N3O4. The topological polar surface area (TPSA) is 79.3 Å². The van der Waals surface area contributed by atoms with Gasteiger partial charge < -0.3 is 4.74 Å². The van der Waals surface area contributed by atoms with Gasteiger partial charge in [-0.2, -0.15) is 5.10 Å². The second kappa shape index (κ2) is 7.50. The Bertz CT molecular complexity index is 1060. The molecule has 0 radical (unpaired) electrons. The van der Waals surface area contributed by atoms with E-state index in [1.54, 1.807) is 55.5 Å². The number of hydrogen-bond donors (Lipinski definition) is 0. The number of hydrogen-bond acceptors (Lipinski definition) is 6. The lowest BCUT2D eigenvalue weighted by atomic mass is 9.98. The number of esters is 1. The van der Waals surface area contributed by atoms with Crippen molar-refractivity contribution in [2.75, 3.05) is 16.5 Å². The maximum absolute atomic E-state index is 13.3. The number of carbonyl (C=O) groups is 3. The number of imide groups is 1. The number of halogens is 2. The maximum Gasteiger partial charge on any atom is 0.355 e. The van der Waals surface area contributed by atoms with E-state index >= 15 is 0 Å². The third-order valence-electron chi connectivity index (χ3n) is 4.70. The fraction of sp³-hybridized carbons (Fsp3) is 0.200. The summed E-state index contributed by atoms with van der Waals surface area (Å²) in [6.07, 6.45) is 0. The Morgan fingerprint density at radius 2 is 1.86 bits per heavy atom. The van der Waals surface area contributed by atoms with Gasteiger partial charge in [0.2, 0.25) is 5.91 Å². The van der Waals surface area contributed by atoms with Crippen molar-refractivity contribution in [2.24, 2.45) is 11.0 Å². The molecule has 0 aliphatic carbocycles. The molecule has 1 saturated heterocycles. The van der Waals surface area contributed by atoms with Crippen molar-refractivity contribution in [3.63, 3.8) is 0 Å². The summed E-state index contributed by atoms with van der Waals surface area (Å²) in [7, 11) is 0. The predicted molar refractivity (Wildman–Crippen MR) is 109 cm³/mol. The molecule has 0 aromatic heterocycles. The molecule has 9 heteroatoms. The molecule has 2 aliphatic rings. The summed E-state index contributed by atoms with van der Waals surface area (Å²) in [6.45, 7) is 1.76. The Labute approximate surface area is 176 Å². The number of fused-ring (bicyclic) bond motifs is 1. The van der Waals surface area contributed by atoms with Gasteiger partial charge in [0.05, 0.1) is 23.0 Å². The highest BCUT2D eigenvalue weighted by Gasteiger charge is 2.59. The zero-order valence-electron chi connectivity index (χ0n) is 15.2. The minimum atomic E-state index is -1.10. The fourth-order valence-electron chi connectivity index (χ4n) is 3.49. The third kappa shape index (κ3) is 3.16. The van der Waals surface area contributed by atoms with Gasteiger partial charge in [0.25, 0.3) is 5.91 Å². The van der Waals surface area contributed by atoms with E-state index in [1.807, 2.05) is 0 Å². The highest BCUT2D eigenvalue weighted by atomic mass is 35.5. The standard InChI is InChI=1S/C20H15Cl2N3O4/c1-2-29-20(28)16-15-17(25(23-16)12-7-5-6-11(21)10-12)19(27)24(18(15)26)14-9-4-3-8-13(14)22/h3-10,15,17H,2H2,1H3. The first-order valence-corrected chi connectivity index (χ1v) is 9.62. The van der Waals surface area contributed by atoms with Crippen molar-refractivity contribution in [3.05, 3.63) is 58.6 Å². The van der Waals surface area contributed by atoms with E-state index in [0.717, 1.165) is 4.90 Å². The van der Waals surface area contributed by atoms with Gasteiger partial charge >= 0.3 is 5.97 Å². The number of nitrogens with zero attached hydrogens (tertiary/aromatic N) is 3. The summed E-state index contributed by atoms with van der Waals surface area (Å²) in [6, 6.07) is 12.2. The van der Waals surface area contributed by atoms with E-state index < -0.39 is 29.7 Å². The van der Waals surface area contributed by atoms with Gasteiger partial charge in [-0.1, -0.05) is 41.4 Å². The molecule has 2 aromatic rings. The Hall–Kier alpha value is -2.90. The molecule has 0 spiro atoms. The van der Waals surface area contributed by atoms with Crippen molar-refractivity contribution in [1.29, 1.82) is 0 Å². The third-order valence-corrected chi connectivity index (χ3v) is 5.25. The Kier molecular flexibility index (Phi) is 5.02. The molecule has 2 aromatic carbocycles. The van der Waals surface area contributed by atoms with Crippen molar-refractivity contribution >= 4 is 58.1 Å². The molecule has 29 heavy (non-hydrogen) atoms. The van der Waals surface area contributed by atoms with Crippen LogP contribution < -0.4 is 9.91 Å². The number of amides is 2. The summed E-state index contributed by atoms with van der Waals surface area (Å²) >= 11 is 12.3. The van der Waals surface area contributed by atoms with Crippen molar-refractivity contribution in [2.45, 2.75) is 13.0 Å². The highest BCUT2D eigenvalue weighted by Crippen LogP contribution is 2.40. The smallest absolute Gasteiger partial charge is 0.355 e. The van der Waals surface area contributed by atoms with Crippen LogP contribution in [-0.4, -0.2) is 36.1 Å². The van der Waals surface area contributed by atoms with Crippen LogP contribution in [0, 0.1) is 5.92 Å². The molecule has 7 nitrogen and oxygen atoms in total. The fourth-order valence-corrected chi connectivity index (χ4v) is 3.90. The summed E-state index contributed by atoms with van der Waals surface area (Å²) in [4.78, 5) is 40.0. The van der Waals surface area contributed by atoms with Crippen molar-refractivity contribution in [1.82, 2.24) is 0 Å². The molecule has 0 saturated carbocycles. The number of benzene rings is 2. The zero-order chi connectivity index (χ0) is 20.7. The average Bonchev–Trinajstić information content (AvgIpc) is 3.20. The molecule has 0 N–H and O–H groups in total. The minimum Gasteiger partial charge on any atom is -0.461 e. The van der Waals surface area contributed by atoms with Crippen LogP contribution in [0.25, 0.3) is 0 Å². The second-order valence-electron chi connectivity index (χ2n) is 6.42. The normalized spacial score (nSPS) is 20.7. The SMILES string of the molecule is CCOC(=O)C1=NN(c2cccc(Cl)c2)C2C(=O)N(c3ccccc3Cl)C(=O)C12. The van der Waals surface area contributed by atoms with Gasteiger partial charge in [-0.15, -0.1) is 0 Å². The Morgan fingerprint density at radius 3 is 2.55 bits per heavy atom. The molecule has 4 rings (SSSR count). The van der Waals surface area contributed by atoms with Crippen molar-refractivity contribution in [3.8, 4) is 0 Å². The Balaban J connectivity index is 1.82. The molecular weight excluding hydrogens is 417 g/mol. The van der Waals surface area contributed by atoms with Gasteiger partial charge in [0, 0.05) is 5.02 Å². The monoisotopic (exact) mass is 431 g/mol. The first kappa shape index (κ1) is 19.4. The highest BCUT2D eigenvalue weighted by molar-refractivity contribution is 6.48. The second-order valence-corrected chi connectivity index (χ2v) is 7.26. The van der Waals surface area contributed by atoms with Crippen LogP contribution in [0.1, 0.15) is 6.92 Å². The zero-order valence-corrected chi connectivity index (χ0v) is 16.7. The summed E-state index contributed by atoms with van der Waals surface area (Å²) in [5.74, 6) is -2.95. The summed E-state index contributed by atoms with van der Waals surface area (Å²) < 4.78 is 5.06.